The quantitative estimate of drug-likeness (QED) is 0.508. The predicted molar refractivity (Wildman–Crippen MR) is 131 cm³/mol. The summed E-state index contributed by atoms with van der Waals surface area (Å²) in [5.74, 6) is -0.221. The highest BCUT2D eigenvalue weighted by atomic mass is 35.5. The number of nitrogen functional groups attached to an aromatic ring is 1. The van der Waals surface area contributed by atoms with Crippen molar-refractivity contribution in [2.45, 2.75) is 13.0 Å². The minimum atomic E-state index is -0.736. The zero-order valence-electron chi connectivity index (χ0n) is 18.8. The Hall–Kier alpha value is -2.94. The van der Waals surface area contributed by atoms with Crippen LogP contribution in [0.4, 0.5) is 10.2 Å². The fourth-order valence-corrected chi connectivity index (χ4v) is 4.41. The first-order valence-electron chi connectivity index (χ1n) is 10.8. The molecule has 1 fully saturated rings. The van der Waals surface area contributed by atoms with Gasteiger partial charge in [-0.2, -0.15) is 0 Å². The van der Waals surface area contributed by atoms with E-state index in [4.69, 9.17) is 33.7 Å². The van der Waals surface area contributed by atoms with E-state index in [1.807, 2.05) is 7.05 Å². The number of hydrogen-bond donors (Lipinski definition) is 1. The van der Waals surface area contributed by atoms with Gasteiger partial charge in [0.2, 0.25) is 0 Å². The Morgan fingerprint density at radius 3 is 2.53 bits per heavy atom. The molecule has 178 valence electrons. The van der Waals surface area contributed by atoms with E-state index in [2.05, 4.69) is 14.9 Å². The van der Waals surface area contributed by atoms with E-state index in [1.165, 1.54) is 12.1 Å². The van der Waals surface area contributed by atoms with Crippen LogP contribution in [0.3, 0.4) is 0 Å². The van der Waals surface area contributed by atoms with Crippen LogP contribution < -0.4 is 10.5 Å². The average Bonchev–Trinajstić information content (AvgIpc) is 2.82. The first kappa shape index (κ1) is 24.2. The first-order chi connectivity index (χ1) is 16.2. The Balaban J connectivity index is 1.71. The van der Waals surface area contributed by atoms with Crippen molar-refractivity contribution in [3.63, 3.8) is 0 Å². The summed E-state index contributed by atoms with van der Waals surface area (Å²) in [5, 5.41) is 0.146. The highest BCUT2D eigenvalue weighted by Crippen LogP contribution is 2.36. The van der Waals surface area contributed by atoms with Gasteiger partial charge in [-0.3, -0.25) is 4.79 Å². The second-order valence-corrected chi connectivity index (χ2v) is 8.91. The van der Waals surface area contributed by atoms with Crippen LogP contribution in [-0.4, -0.2) is 58.9 Å². The summed E-state index contributed by atoms with van der Waals surface area (Å²) in [6, 6.07) is 9.46. The van der Waals surface area contributed by atoms with Crippen molar-refractivity contribution in [2.75, 3.05) is 39.0 Å². The molecule has 1 aliphatic heterocycles. The number of pyridine rings is 2. The van der Waals surface area contributed by atoms with Crippen molar-refractivity contribution in [1.29, 1.82) is 0 Å². The molecule has 0 bridgehead atoms. The zero-order chi connectivity index (χ0) is 24.4. The van der Waals surface area contributed by atoms with Gasteiger partial charge in [0.25, 0.3) is 5.91 Å². The number of halogens is 3. The molecule has 0 saturated carbocycles. The van der Waals surface area contributed by atoms with Crippen molar-refractivity contribution >= 4 is 34.9 Å². The molecule has 3 aromatic rings. The van der Waals surface area contributed by atoms with Gasteiger partial charge in [0, 0.05) is 48.5 Å². The molecule has 3 heterocycles. The Kier molecular flexibility index (Phi) is 7.21. The van der Waals surface area contributed by atoms with Gasteiger partial charge in [-0.15, -0.1) is 0 Å². The molecular formula is C24H24Cl2FN5O2. The number of aromatic nitrogens is 2. The minimum absolute atomic E-state index is 0.121. The third-order valence-corrected chi connectivity index (χ3v) is 6.44. The summed E-state index contributed by atoms with van der Waals surface area (Å²) < 4.78 is 20.2. The van der Waals surface area contributed by atoms with E-state index in [0.29, 0.717) is 35.7 Å². The third-order valence-electron chi connectivity index (χ3n) is 5.72. The number of nitrogens with zero attached hydrogens (tertiary/aromatic N) is 4. The molecule has 2 aromatic heterocycles. The van der Waals surface area contributed by atoms with Crippen molar-refractivity contribution in [2.24, 2.45) is 0 Å². The van der Waals surface area contributed by atoms with Gasteiger partial charge in [-0.1, -0.05) is 23.2 Å². The Morgan fingerprint density at radius 1 is 1.12 bits per heavy atom. The van der Waals surface area contributed by atoms with E-state index in [-0.39, 0.29) is 27.4 Å². The summed E-state index contributed by atoms with van der Waals surface area (Å²) in [7, 11) is 2.01. The van der Waals surface area contributed by atoms with Crippen LogP contribution in [0.25, 0.3) is 11.3 Å². The van der Waals surface area contributed by atoms with E-state index in [9.17, 15) is 9.18 Å². The van der Waals surface area contributed by atoms with Gasteiger partial charge in [0.05, 0.1) is 10.7 Å². The highest BCUT2D eigenvalue weighted by molar-refractivity contribution is 6.36. The number of likely N-dealkylation sites (N-methyl/N-ethyl adjacent to an activating group) is 1. The van der Waals surface area contributed by atoms with Crippen molar-refractivity contribution in [1.82, 2.24) is 19.8 Å². The fraction of sp³-hybridized carbons (Fsp3) is 0.292. The second kappa shape index (κ2) is 10.1. The van der Waals surface area contributed by atoms with E-state index < -0.39 is 11.9 Å². The van der Waals surface area contributed by atoms with E-state index in [1.54, 1.807) is 42.3 Å². The van der Waals surface area contributed by atoms with Crippen LogP contribution in [0.15, 0.2) is 42.6 Å². The maximum atomic E-state index is 14.1. The standard InChI is InChI=1S/C24H24Cl2FN5O2/c1-14(21-16(25)4-5-17(27)22(21)26)34-19-7-6-18(15-3-8-20(28)29-13-15)30-23(19)24(33)32-11-9-31(2)10-12-32/h3-8,13-14H,9-12H2,1-2H3,(H2,28,29). The molecule has 1 atom stereocenters. The predicted octanol–water partition coefficient (Wildman–Crippen LogP) is 4.70. The van der Waals surface area contributed by atoms with Crippen LogP contribution >= 0.6 is 23.2 Å². The second-order valence-electron chi connectivity index (χ2n) is 8.13. The molecule has 1 aromatic carbocycles. The normalized spacial score (nSPS) is 15.3. The number of piperazine rings is 1. The maximum Gasteiger partial charge on any atom is 0.276 e. The molecule has 0 spiro atoms. The lowest BCUT2D eigenvalue weighted by Crippen LogP contribution is -2.47. The largest absolute Gasteiger partial charge is 0.483 e. The summed E-state index contributed by atoms with van der Waals surface area (Å²) in [4.78, 5) is 26.1. The zero-order valence-corrected chi connectivity index (χ0v) is 20.3. The average molecular weight is 504 g/mol. The van der Waals surface area contributed by atoms with Gasteiger partial charge in [-0.25, -0.2) is 14.4 Å². The summed E-state index contributed by atoms with van der Waals surface area (Å²) in [6.45, 7) is 4.35. The molecule has 34 heavy (non-hydrogen) atoms. The van der Waals surface area contributed by atoms with Crippen LogP contribution in [0.5, 0.6) is 5.75 Å². The van der Waals surface area contributed by atoms with Gasteiger partial charge in [-0.05, 0) is 50.4 Å². The number of hydrogen-bond acceptors (Lipinski definition) is 6. The molecule has 1 amide bonds. The monoisotopic (exact) mass is 503 g/mol. The molecule has 0 radical (unpaired) electrons. The molecule has 1 aliphatic rings. The van der Waals surface area contributed by atoms with E-state index in [0.717, 1.165) is 13.1 Å². The van der Waals surface area contributed by atoms with Gasteiger partial charge in [0.1, 0.15) is 17.7 Å². The number of amides is 1. The van der Waals surface area contributed by atoms with Gasteiger partial charge < -0.3 is 20.3 Å². The third kappa shape index (κ3) is 5.09. The minimum Gasteiger partial charge on any atom is -0.483 e. The lowest BCUT2D eigenvalue weighted by Gasteiger charge is -2.32. The Morgan fingerprint density at radius 2 is 1.85 bits per heavy atom. The molecule has 1 unspecified atom stereocenters. The number of benzene rings is 1. The number of ether oxygens (including phenoxy) is 1. The van der Waals surface area contributed by atoms with Gasteiger partial charge >= 0.3 is 0 Å². The molecule has 10 heteroatoms. The van der Waals surface area contributed by atoms with Crippen molar-refractivity contribution in [3.8, 4) is 17.0 Å². The molecule has 2 N–H and O–H groups in total. The van der Waals surface area contributed by atoms with Crippen LogP contribution in [-0.2, 0) is 0 Å². The smallest absolute Gasteiger partial charge is 0.276 e. The lowest BCUT2D eigenvalue weighted by molar-refractivity contribution is 0.0651. The number of nitrogens with two attached hydrogens (primary N) is 1. The Labute approximate surface area is 207 Å². The molecule has 7 nitrogen and oxygen atoms in total. The topological polar surface area (TPSA) is 84.6 Å². The SMILES string of the molecule is CC(Oc1ccc(-c2ccc(N)nc2)nc1C(=O)N1CCN(C)CC1)c1c(Cl)ccc(F)c1Cl. The summed E-state index contributed by atoms with van der Waals surface area (Å²) >= 11 is 12.4. The Bertz CT molecular complexity index is 1200. The highest BCUT2D eigenvalue weighted by Gasteiger charge is 2.27. The number of anilines is 1. The first-order valence-corrected chi connectivity index (χ1v) is 11.5. The number of rotatable bonds is 5. The fourth-order valence-electron chi connectivity index (χ4n) is 3.74. The molecule has 1 saturated heterocycles. The van der Waals surface area contributed by atoms with E-state index >= 15 is 0 Å². The van der Waals surface area contributed by atoms with Crippen LogP contribution in [0, 0.1) is 5.82 Å². The van der Waals surface area contributed by atoms with Crippen LogP contribution in [0.1, 0.15) is 29.1 Å². The maximum absolute atomic E-state index is 14.1. The van der Waals surface area contributed by atoms with Crippen molar-refractivity contribution in [3.05, 3.63) is 69.7 Å². The van der Waals surface area contributed by atoms with Crippen molar-refractivity contribution < 1.29 is 13.9 Å². The molecule has 0 aliphatic carbocycles. The lowest BCUT2D eigenvalue weighted by atomic mass is 10.1. The number of carbonyl (C=O) groups is 1. The number of carbonyl (C=O) groups excluding carboxylic acids is 1. The molecular weight excluding hydrogens is 480 g/mol. The molecule has 4 rings (SSSR count). The summed E-state index contributed by atoms with van der Waals surface area (Å²) in [5.41, 5.74) is 7.40. The summed E-state index contributed by atoms with van der Waals surface area (Å²) in [6.07, 6.45) is 0.859. The van der Waals surface area contributed by atoms with Crippen LogP contribution in [0.2, 0.25) is 10.0 Å². The van der Waals surface area contributed by atoms with Gasteiger partial charge in [0.15, 0.2) is 11.4 Å².